The fourth-order valence-corrected chi connectivity index (χ4v) is 5.27. The van der Waals surface area contributed by atoms with E-state index in [0.717, 1.165) is 17.4 Å². The molecule has 1 aromatic carbocycles. The molecule has 0 bridgehead atoms. The van der Waals surface area contributed by atoms with Gasteiger partial charge >= 0.3 is 0 Å². The first kappa shape index (κ1) is 28.4. The molecule has 0 spiro atoms. The molecule has 0 radical (unpaired) electrons. The molecule has 0 aliphatic carbocycles. The van der Waals surface area contributed by atoms with Gasteiger partial charge in [0.25, 0.3) is 5.91 Å². The molecule has 1 aliphatic heterocycles. The van der Waals surface area contributed by atoms with Crippen molar-refractivity contribution in [3.63, 3.8) is 0 Å². The smallest absolute Gasteiger partial charge is 0.254 e. The second kappa shape index (κ2) is 11.4. The molecule has 1 fully saturated rings. The minimum atomic E-state index is -0.665. The van der Waals surface area contributed by atoms with Gasteiger partial charge in [-0.2, -0.15) is 4.98 Å². The van der Waals surface area contributed by atoms with E-state index >= 15 is 4.39 Å². The van der Waals surface area contributed by atoms with Crippen molar-refractivity contribution >= 4 is 37.4 Å². The van der Waals surface area contributed by atoms with Crippen molar-refractivity contribution in [2.24, 2.45) is 0 Å². The van der Waals surface area contributed by atoms with E-state index < -0.39 is 11.7 Å². The summed E-state index contributed by atoms with van der Waals surface area (Å²) in [6.07, 6.45) is 3.74. The second-order valence-electron chi connectivity index (χ2n) is 10.8. The van der Waals surface area contributed by atoms with Crippen LogP contribution in [-0.4, -0.2) is 67.2 Å². The van der Waals surface area contributed by atoms with E-state index in [4.69, 9.17) is 9.62 Å². The Bertz CT molecular complexity index is 1630. The Morgan fingerprint density at radius 3 is 2.78 bits per heavy atom. The molecule has 4 aromatic rings. The molecule has 1 aliphatic rings. The van der Waals surface area contributed by atoms with Crippen LogP contribution in [0.5, 0.6) is 0 Å². The van der Waals surface area contributed by atoms with Crippen LogP contribution in [0.25, 0.3) is 22.2 Å². The molecule has 214 valence electrons. The summed E-state index contributed by atoms with van der Waals surface area (Å²) in [6.45, 7) is 12.6. The van der Waals surface area contributed by atoms with Gasteiger partial charge in [-0.1, -0.05) is 38.6 Å². The van der Waals surface area contributed by atoms with E-state index in [-0.39, 0.29) is 29.5 Å². The summed E-state index contributed by atoms with van der Waals surface area (Å²) in [5.41, 5.74) is 1.56. The number of hydrogen-bond donors (Lipinski definition) is 2. The molecule has 2 amide bonds. The van der Waals surface area contributed by atoms with E-state index in [1.165, 1.54) is 18.2 Å². The van der Waals surface area contributed by atoms with Crippen molar-refractivity contribution < 1.29 is 18.5 Å². The monoisotopic (exact) mass is 578 g/mol. The first-order valence-corrected chi connectivity index (χ1v) is 14.7. The number of fused-ring (bicyclic) bond motifs is 1. The number of nitrogens with zero attached hydrogens (tertiary/aromatic N) is 6. The zero-order chi connectivity index (χ0) is 29.3. The number of carbonyl (C=O) groups excluding carboxylic acids is 2. The van der Waals surface area contributed by atoms with Crippen LogP contribution in [0.15, 0.2) is 47.6 Å². The van der Waals surface area contributed by atoms with Crippen LogP contribution in [0.2, 0.25) is 0 Å². The van der Waals surface area contributed by atoms with E-state index in [1.807, 2.05) is 31.9 Å². The Morgan fingerprint density at radius 2 is 2.10 bits per heavy atom. The van der Waals surface area contributed by atoms with E-state index in [2.05, 4.69) is 32.3 Å². The molecule has 1 saturated heterocycles. The van der Waals surface area contributed by atoms with Crippen molar-refractivity contribution in [2.45, 2.75) is 45.2 Å². The van der Waals surface area contributed by atoms with Crippen molar-refractivity contribution in [1.29, 1.82) is 0 Å². The summed E-state index contributed by atoms with van der Waals surface area (Å²) in [7, 11) is 0.323. The van der Waals surface area contributed by atoms with Gasteiger partial charge in [-0.05, 0) is 48.5 Å². The van der Waals surface area contributed by atoms with E-state index in [0.29, 0.717) is 50.6 Å². The maximum Gasteiger partial charge on any atom is 0.254 e. The Morgan fingerprint density at radius 1 is 1.29 bits per heavy atom. The SMILES string of the molecule is C=CC(=O)N1CC[C@@H](Nc2nn(PC)c3nccc(-c4ccc(C(=O)NCc5noc(C(C)(C)C)n5)c(F)c4)c23)C1. The lowest BCUT2D eigenvalue weighted by atomic mass is 9.97. The van der Waals surface area contributed by atoms with Crippen LogP contribution in [0.1, 0.15) is 49.3 Å². The lowest BCUT2D eigenvalue weighted by Crippen LogP contribution is -2.30. The van der Waals surface area contributed by atoms with Gasteiger partial charge in [0.05, 0.1) is 17.5 Å². The van der Waals surface area contributed by atoms with Gasteiger partial charge in [0.2, 0.25) is 11.8 Å². The summed E-state index contributed by atoms with van der Waals surface area (Å²) in [5, 5.41) is 15.5. The van der Waals surface area contributed by atoms with Gasteiger partial charge in [-0.25, -0.2) is 13.8 Å². The maximum absolute atomic E-state index is 15.3. The highest BCUT2D eigenvalue weighted by Crippen LogP contribution is 2.36. The van der Waals surface area contributed by atoms with Crippen molar-refractivity contribution in [3.8, 4) is 11.1 Å². The van der Waals surface area contributed by atoms with Crippen LogP contribution >= 0.6 is 8.73 Å². The Labute approximate surface area is 238 Å². The zero-order valence-corrected chi connectivity index (χ0v) is 24.4. The molecule has 13 heteroatoms. The quantitative estimate of drug-likeness (QED) is 0.236. The van der Waals surface area contributed by atoms with Crippen LogP contribution in [0.3, 0.4) is 0 Å². The summed E-state index contributed by atoms with van der Waals surface area (Å²) < 4.78 is 22.4. The summed E-state index contributed by atoms with van der Waals surface area (Å²) in [6, 6.07) is 6.30. The predicted molar refractivity (Wildman–Crippen MR) is 156 cm³/mol. The van der Waals surface area contributed by atoms with Gasteiger partial charge in [0, 0.05) is 39.5 Å². The lowest BCUT2D eigenvalue weighted by molar-refractivity contribution is -0.125. The first-order chi connectivity index (χ1) is 19.6. The molecule has 4 heterocycles. The third-order valence-corrected chi connectivity index (χ3v) is 7.57. The molecule has 2 N–H and O–H groups in total. The van der Waals surface area contributed by atoms with Crippen molar-refractivity contribution in [2.75, 3.05) is 25.1 Å². The average molecular weight is 579 g/mol. The minimum Gasteiger partial charge on any atom is -0.363 e. The predicted octanol–water partition coefficient (Wildman–Crippen LogP) is 4.12. The van der Waals surface area contributed by atoms with Gasteiger partial charge in [-0.3, -0.25) is 9.59 Å². The van der Waals surface area contributed by atoms with E-state index in [1.54, 1.807) is 23.2 Å². The minimum absolute atomic E-state index is 0.000174. The Hall–Kier alpha value is -4.18. The highest BCUT2D eigenvalue weighted by Gasteiger charge is 2.27. The number of amides is 2. The lowest BCUT2D eigenvalue weighted by Gasteiger charge is -2.15. The highest BCUT2D eigenvalue weighted by atomic mass is 31.1. The van der Waals surface area contributed by atoms with Gasteiger partial charge < -0.3 is 20.1 Å². The fraction of sp³-hybridized carbons (Fsp3) is 0.357. The summed E-state index contributed by atoms with van der Waals surface area (Å²) in [5.74, 6) is 0.0333. The number of rotatable bonds is 8. The normalized spacial score (nSPS) is 15.6. The van der Waals surface area contributed by atoms with Crippen molar-refractivity contribution in [1.82, 2.24) is 34.9 Å². The Kier molecular flexibility index (Phi) is 7.86. The largest absolute Gasteiger partial charge is 0.363 e. The summed E-state index contributed by atoms with van der Waals surface area (Å²) in [4.78, 5) is 35.4. The average Bonchev–Trinajstić information content (AvgIpc) is 3.70. The van der Waals surface area contributed by atoms with Crippen molar-refractivity contribution in [3.05, 3.63) is 66.2 Å². The van der Waals surface area contributed by atoms with Crippen LogP contribution < -0.4 is 10.6 Å². The van der Waals surface area contributed by atoms with E-state index in [9.17, 15) is 9.59 Å². The highest BCUT2D eigenvalue weighted by molar-refractivity contribution is 7.35. The van der Waals surface area contributed by atoms with Crippen LogP contribution in [0, 0.1) is 5.82 Å². The number of anilines is 1. The third kappa shape index (κ3) is 5.83. The molecule has 5 rings (SSSR count). The molecule has 41 heavy (non-hydrogen) atoms. The van der Waals surface area contributed by atoms with Crippen LogP contribution in [0.4, 0.5) is 10.2 Å². The first-order valence-electron chi connectivity index (χ1n) is 13.2. The second-order valence-corrected chi connectivity index (χ2v) is 11.7. The fourth-order valence-electron chi connectivity index (χ4n) is 4.69. The number of benzene rings is 1. The van der Waals surface area contributed by atoms with Gasteiger partial charge in [0.15, 0.2) is 17.3 Å². The molecule has 0 saturated carbocycles. The molecular weight excluding hydrogens is 546 g/mol. The third-order valence-electron chi connectivity index (χ3n) is 6.84. The van der Waals surface area contributed by atoms with Crippen LogP contribution in [-0.2, 0) is 16.8 Å². The number of halogens is 1. The topological polar surface area (TPSA) is 131 Å². The maximum atomic E-state index is 15.3. The molecule has 1 unspecified atom stereocenters. The van der Waals surface area contributed by atoms with Gasteiger partial charge in [-0.15, -0.1) is 5.10 Å². The number of likely N-dealkylation sites (tertiary alicyclic amines) is 1. The molecular formula is C28H32FN8O3P. The summed E-state index contributed by atoms with van der Waals surface area (Å²) >= 11 is 0. The number of aromatic nitrogens is 5. The standard InChI is InChI=1S/C28H32FN8O3P/c1-6-22(38)36-12-10-17(15-36)32-24-23-18(9-11-30-25(23)37(34-24)41-5)16-7-8-19(20(29)13-16)26(39)31-14-21-33-27(40-35-21)28(2,3)4/h6-9,11,13,17,41H,1,10,12,14-15H2,2-5H3,(H,31,39)(H,32,34)/t17-/m1/s1. The molecule has 11 nitrogen and oxygen atoms in total. The number of pyridine rings is 1. The number of nitrogens with one attached hydrogen (secondary N) is 2. The molecule has 3 aromatic heterocycles. The zero-order valence-electron chi connectivity index (χ0n) is 23.4. The number of hydrogen-bond acceptors (Lipinski definition) is 8. The Balaban J connectivity index is 1.38. The molecule has 2 atom stereocenters. The van der Waals surface area contributed by atoms with Gasteiger partial charge in [0.1, 0.15) is 5.82 Å². The number of carbonyl (C=O) groups is 2.